The first-order valence-corrected chi connectivity index (χ1v) is 10.2. The fourth-order valence-electron chi connectivity index (χ4n) is 4.14. The van der Waals surface area contributed by atoms with Crippen molar-refractivity contribution in [3.05, 3.63) is 95.6 Å². The second-order valence-corrected chi connectivity index (χ2v) is 7.54. The van der Waals surface area contributed by atoms with E-state index in [0.29, 0.717) is 5.75 Å². The van der Waals surface area contributed by atoms with Gasteiger partial charge in [-0.1, -0.05) is 66.7 Å². The fourth-order valence-corrected chi connectivity index (χ4v) is 4.14. The van der Waals surface area contributed by atoms with E-state index in [1.165, 1.54) is 11.1 Å². The zero-order valence-electron chi connectivity index (χ0n) is 16.9. The maximum atomic E-state index is 9.81. The van der Waals surface area contributed by atoms with E-state index in [1.807, 2.05) is 12.1 Å². The van der Waals surface area contributed by atoms with E-state index >= 15 is 0 Å². The number of rotatable bonds is 6. The highest BCUT2D eigenvalue weighted by Gasteiger charge is 2.26. The maximum Gasteiger partial charge on any atom is 0.160 e. The minimum absolute atomic E-state index is 0.189. The summed E-state index contributed by atoms with van der Waals surface area (Å²) in [4.78, 5) is 5.05. The van der Waals surface area contributed by atoms with E-state index < -0.39 is 0 Å². The average molecular weight is 389 g/mol. The van der Waals surface area contributed by atoms with E-state index in [0.717, 1.165) is 38.3 Å². The molecule has 0 unspecified atom stereocenters. The van der Waals surface area contributed by atoms with Gasteiger partial charge in [-0.3, -0.25) is 9.80 Å². The lowest BCUT2D eigenvalue weighted by Gasteiger charge is -2.40. The molecule has 0 radical (unpaired) electrons. The van der Waals surface area contributed by atoms with Crippen molar-refractivity contribution in [2.24, 2.45) is 0 Å². The van der Waals surface area contributed by atoms with Gasteiger partial charge >= 0.3 is 0 Å². The first-order chi connectivity index (χ1) is 14.2. The summed E-state index contributed by atoms with van der Waals surface area (Å²) in [6.07, 6.45) is 0. The molecule has 0 saturated carbocycles. The van der Waals surface area contributed by atoms with Gasteiger partial charge in [-0.15, -0.1) is 0 Å². The monoisotopic (exact) mass is 388 g/mol. The van der Waals surface area contributed by atoms with E-state index in [2.05, 4.69) is 70.5 Å². The summed E-state index contributed by atoms with van der Waals surface area (Å²) in [5, 5.41) is 9.81. The third kappa shape index (κ3) is 4.61. The van der Waals surface area contributed by atoms with E-state index in [4.69, 9.17) is 4.74 Å². The van der Waals surface area contributed by atoms with Crippen LogP contribution in [0.15, 0.2) is 78.9 Å². The number of hydrogen-bond donors (Lipinski definition) is 1. The van der Waals surface area contributed by atoms with Gasteiger partial charge in [0.15, 0.2) is 11.5 Å². The lowest BCUT2D eigenvalue weighted by Crippen LogP contribution is -2.47. The minimum Gasteiger partial charge on any atom is -0.504 e. The van der Waals surface area contributed by atoms with Crippen molar-refractivity contribution in [1.29, 1.82) is 0 Å². The van der Waals surface area contributed by atoms with Crippen molar-refractivity contribution >= 4 is 0 Å². The van der Waals surface area contributed by atoms with Crippen LogP contribution in [0.1, 0.15) is 22.7 Å². The summed E-state index contributed by atoms with van der Waals surface area (Å²) >= 11 is 0. The SMILES string of the molecule is COc1cc(CN2CCN(C(c3ccccc3)c3ccccc3)CC2)ccc1O. The van der Waals surface area contributed by atoms with Crippen LogP contribution < -0.4 is 4.74 Å². The molecular formula is C25H28N2O2. The third-order valence-corrected chi connectivity index (χ3v) is 5.65. The molecule has 0 atom stereocenters. The van der Waals surface area contributed by atoms with E-state index in [1.54, 1.807) is 13.2 Å². The molecule has 1 heterocycles. The Morgan fingerprint density at radius 1 is 0.828 bits per heavy atom. The molecule has 1 aliphatic rings. The Hall–Kier alpha value is -2.82. The van der Waals surface area contributed by atoms with Crippen LogP contribution in [-0.2, 0) is 6.54 Å². The number of hydrogen-bond acceptors (Lipinski definition) is 4. The van der Waals surface area contributed by atoms with Gasteiger partial charge in [0.05, 0.1) is 13.2 Å². The average Bonchev–Trinajstić information content (AvgIpc) is 2.78. The molecular weight excluding hydrogens is 360 g/mol. The topological polar surface area (TPSA) is 35.9 Å². The van der Waals surface area contributed by atoms with Crippen LogP contribution in [0.25, 0.3) is 0 Å². The molecule has 1 fully saturated rings. The molecule has 0 aliphatic carbocycles. The Bertz CT molecular complexity index is 867. The number of phenols is 1. The predicted octanol–water partition coefficient (Wildman–Crippen LogP) is 4.31. The highest BCUT2D eigenvalue weighted by Crippen LogP contribution is 2.30. The van der Waals surface area contributed by atoms with Crippen LogP contribution in [0, 0.1) is 0 Å². The van der Waals surface area contributed by atoms with Crippen LogP contribution in [0.4, 0.5) is 0 Å². The van der Waals surface area contributed by atoms with Crippen molar-refractivity contribution < 1.29 is 9.84 Å². The van der Waals surface area contributed by atoms with Gasteiger partial charge in [0.2, 0.25) is 0 Å². The summed E-state index contributed by atoms with van der Waals surface area (Å²) in [6.45, 7) is 4.93. The number of methoxy groups -OCH3 is 1. The second kappa shape index (κ2) is 9.12. The number of ether oxygens (including phenoxy) is 1. The van der Waals surface area contributed by atoms with Gasteiger partial charge in [-0.25, -0.2) is 0 Å². The number of aromatic hydroxyl groups is 1. The largest absolute Gasteiger partial charge is 0.504 e. The van der Waals surface area contributed by atoms with Crippen LogP contribution in [0.2, 0.25) is 0 Å². The Morgan fingerprint density at radius 3 is 1.97 bits per heavy atom. The molecule has 150 valence electrons. The smallest absolute Gasteiger partial charge is 0.160 e. The Morgan fingerprint density at radius 2 is 1.41 bits per heavy atom. The van der Waals surface area contributed by atoms with Gasteiger partial charge in [0, 0.05) is 32.7 Å². The molecule has 0 amide bonds. The molecule has 0 bridgehead atoms. The summed E-state index contributed by atoms with van der Waals surface area (Å²) in [7, 11) is 1.59. The molecule has 1 N–H and O–H groups in total. The van der Waals surface area contributed by atoms with Gasteiger partial charge < -0.3 is 9.84 Å². The number of benzene rings is 3. The Balaban J connectivity index is 1.46. The molecule has 0 spiro atoms. The first-order valence-electron chi connectivity index (χ1n) is 10.2. The number of phenolic OH excluding ortho intramolecular Hbond substituents is 1. The molecule has 1 aliphatic heterocycles. The predicted molar refractivity (Wildman–Crippen MR) is 116 cm³/mol. The van der Waals surface area contributed by atoms with Gasteiger partial charge in [-0.05, 0) is 28.8 Å². The first kappa shape index (κ1) is 19.5. The Labute approximate surface area is 173 Å². The van der Waals surface area contributed by atoms with Gasteiger partial charge in [0.1, 0.15) is 0 Å². The van der Waals surface area contributed by atoms with Crippen molar-refractivity contribution in [1.82, 2.24) is 9.80 Å². The summed E-state index contributed by atoms with van der Waals surface area (Å²) in [5.74, 6) is 0.726. The van der Waals surface area contributed by atoms with Crippen LogP contribution in [0.5, 0.6) is 11.5 Å². The molecule has 3 aromatic rings. The fraction of sp³-hybridized carbons (Fsp3) is 0.280. The molecule has 29 heavy (non-hydrogen) atoms. The highest BCUT2D eigenvalue weighted by atomic mass is 16.5. The lowest BCUT2D eigenvalue weighted by molar-refractivity contribution is 0.105. The van der Waals surface area contributed by atoms with Crippen molar-refractivity contribution in [3.63, 3.8) is 0 Å². The summed E-state index contributed by atoms with van der Waals surface area (Å²) < 4.78 is 5.24. The van der Waals surface area contributed by atoms with Crippen LogP contribution in [0.3, 0.4) is 0 Å². The maximum absolute atomic E-state index is 9.81. The molecule has 4 heteroatoms. The van der Waals surface area contributed by atoms with Crippen molar-refractivity contribution in [3.8, 4) is 11.5 Å². The highest BCUT2D eigenvalue weighted by molar-refractivity contribution is 5.41. The zero-order valence-corrected chi connectivity index (χ0v) is 16.9. The molecule has 1 saturated heterocycles. The number of piperazine rings is 1. The van der Waals surface area contributed by atoms with Crippen molar-refractivity contribution in [2.75, 3.05) is 33.3 Å². The van der Waals surface area contributed by atoms with Crippen molar-refractivity contribution in [2.45, 2.75) is 12.6 Å². The van der Waals surface area contributed by atoms with Gasteiger partial charge in [-0.2, -0.15) is 0 Å². The summed E-state index contributed by atoms with van der Waals surface area (Å²) in [5.41, 5.74) is 3.85. The summed E-state index contributed by atoms with van der Waals surface area (Å²) in [6, 6.07) is 27.5. The third-order valence-electron chi connectivity index (χ3n) is 5.65. The molecule has 3 aromatic carbocycles. The van der Waals surface area contributed by atoms with E-state index in [9.17, 15) is 5.11 Å². The van der Waals surface area contributed by atoms with Crippen LogP contribution in [-0.4, -0.2) is 48.2 Å². The minimum atomic E-state index is 0.189. The second-order valence-electron chi connectivity index (χ2n) is 7.54. The number of nitrogens with zero attached hydrogens (tertiary/aromatic N) is 2. The zero-order chi connectivity index (χ0) is 20.1. The quantitative estimate of drug-likeness (QED) is 0.683. The standard InChI is InChI=1S/C25H28N2O2/c1-29-24-18-20(12-13-23(24)28)19-26-14-16-27(17-15-26)25(21-8-4-2-5-9-21)22-10-6-3-7-11-22/h2-13,18,25,28H,14-17,19H2,1H3. The Kier molecular flexibility index (Phi) is 6.13. The normalized spacial score (nSPS) is 15.5. The molecule has 4 nitrogen and oxygen atoms in total. The molecule has 4 rings (SSSR count). The lowest BCUT2D eigenvalue weighted by atomic mass is 9.96. The van der Waals surface area contributed by atoms with Gasteiger partial charge in [0.25, 0.3) is 0 Å². The molecule has 0 aromatic heterocycles. The van der Waals surface area contributed by atoms with Crippen LogP contribution >= 0.6 is 0 Å². The van der Waals surface area contributed by atoms with E-state index in [-0.39, 0.29) is 11.8 Å².